The third-order valence-electron chi connectivity index (χ3n) is 4.22. The number of thioether (sulfide) groups is 1. The van der Waals surface area contributed by atoms with Crippen molar-refractivity contribution in [2.45, 2.75) is 24.9 Å². The Morgan fingerprint density at radius 1 is 1.29 bits per heavy atom. The molecule has 17 heavy (non-hydrogen) atoms. The second-order valence-corrected chi connectivity index (χ2v) is 6.45. The summed E-state index contributed by atoms with van der Waals surface area (Å²) in [7, 11) is 0. The Morgan fingerprint density at radius 2 is 1.88 bits per heavy atom. The minimum absolute atomic E-state index is 0.0835. The Bertz CT molecular complexity index is 317. The van der Waals surface area contributed by atoms with Crippen LogP contribution in [0.5, 0.6) is 0 Å². The summed E-state index contributed by atoms with van der Waals surface area (Å²) in [4.78, 5) is 11.4. The molecule has 3 nitrogen and oxygen atoms in total. The fourth-order valence-electron chi connectivity index (χ4n) is 3.05. The Hall–Kier alpha value is -0.360. The monoisotopic (exact) mass is 266 g/mol. The summed E-state index contributed by atoms with van der Waals surface area (Å²) >= 11 is 1.47. The molecule has 2 aliphatic rings. The van der Waals surface area contributed by atoms with E-state index in [2.05, 4.69) is 0 Å². The van der Waals surface area contributed by atoms with Crippen molar-refractivity contribution < 1.29 is 23.8 Å². The molecule has 0 aromatic heterocycles. The number of aliphatic hydroxyl groups is 1. The van der Waals surface area contributed by atoms with E-state index in [9.17, 15) is 23.8 Å². The van der Waals surface area contributed by atoms with Gasteiger partial charge in [-0.2, -0.15) is 11.8 Å². The summed E-state index contributed by atoms with van der Waals surface area (Å²) in [5, 5.41) is 19.7. The first-order valence-corrected chi connectivity index (χ1v) is 6.75. The van der Waals surface area contributed by atoms with E-state index in [1.807, 2.05) is 0 Å². The molecule has 0 aromatic carbocycles. The minimum Gasteiger partial charge on any atom is -0.481 e. The first-order valence-electron chi connectivity index (χ1n) is 5.59. The van der Waals surface area contributed by atoms with Gasteiger partial charge >= 0.3 is 5.97 Å². The molecule has 1 atom stereocenters. The maximum Gasteiger partial charge on any atom is 0.313 e. The molecule has 2 rings (SSSR count). The van der Waals surface area contributed by atoms with Gasteiger partial charge in [0, 0.05) is 11.2 Å². The molecule has 1 saturated carbocycles. The van der Waals surface area contributed by atoms with Crippen LogP contribution in [-0.4, -0.2) is 46.6 Å². The summed E-state index contributed by atoms with van der Waals surface area (Å²) in [6.45, 7) is -1.68. The van der Waals surface area contributed by atoms with E-state index in [1.54, 1.807) is 0 Å². The number of carbonyl (C=O) groups is 1. The highest BCUT2D eigenvalue weighted by Crippen LogP contribution is 2.60. The van der Waals surface area contributed by atoms with Gasteiger partial charge in [0.25, 0.3) is 0 Å². The number of carboxylic acid groups (broad SMARTS) is 1. The lowest BCUT2D eigenvalue weighted by atomic mass is 9.50. The topological polar surface area (TPSA) is 57.5 Å². The number of alkyl halides is 2. The standard InChI is InChI=1S/C11H16F2O3S/c12-5-9(6-13)3-11(16,4-9)10(8(14)15)1-2-17-7-10/h16H,1-7H2,(H,14,15). The molecule has 0 bridgehead atoms. The maximum atomic E-state index is 12.7. The molecule has 1 unspecified atom stereocenters. The third-order valence-corrected chi connectivity index (χ3v) is 5.41. The van der Waals surface area contributed by atoms with Crippen LogP contribution in [0.15, 0.2) is 0 Å². The van der Waals surface area contributed by atoms with Crippen molar-refractivity contribution in [1.29, 1.82) is 0 Å². The number of carboxylic acids is 1. The van der Waals surface area contributed by atoms with Crippen LogP contribution >= 0.6 is 11.8 Å². The molecule has 0 amide bonds. The summed E-state index contributed by atoms with van der Waals surface area (Å²) in [6, 6.07) is 0. The van der Waals surface area contributed by atoms with Gasteiger partial charge in [0.15, 0.2) is 0 Å². The SMILES string of the molecule is O=C(O)C1(C2(O)CC(CF)(CF)C2)CCSC1. The van der Waals surface area contributed by atoms with E-state index < -0.39 is 35.7 Å². The average molecular weight is 266 g/mol. The summed E-state index contributed by atoms with van der Waals surface area (Å²) in [6.07, 6.45) is 0.206. The zero-order chi connectivity index (χ0) is 12.7. The molecule has 1 saturated heterocycles. The van der Waals surface area contributed by atoms with E-state index >= 15 is 0 Å². The molecule has 0 spiro atoms. The molecular formula is C11H16F2O3S. The predicted octanol–water partition coefficient (Wildman–Crippen LogP) is 1.64. The Balaban J connectivity index is 2.20. The average Bonchev–Trinajstić information content (AvgIpc) is 2.75. The lowest BCUT2D eigenvalue weighted by Crippen LogP contribution is -2.66. The van der Waals surface area contributed by atoms with E-state index in [0.717, 1.165) is 0 Å². The number of hydrogen-bond acceptors (Lipinski definition) is 3. The highest BCUT2D eigenvalue weighted by molar-refractivity contribution is 7.99. The van der Waals surface area contributed by atoms with Crippen molar-refractivity contribution >= 4 is 17.7 Å². The molecule has 0 aromatic rings. The first-order chi connectivity index (χ1) is 7.94. The quantitative estimate of drug-likeness (QED) is 0.812. The lowest BCUT2D eigenvalue weighted by Gasteiger charge is -2.57. The third kappa shape index (κ3) is 1.68. The summed E-state index contributed by atoms with van der Waals surface area (Å²) in [5.41, 5.74) is -3.81. The normalized spacial score (nSPS) is 34.3. The Labute approximate surface area is 103 Å². The van der Waals surface area contributed by atoms with Gasteiger partial charge in [0.2, 0.25) is 0 Å². The number of rotatable bonds is 4. The number of halogens is 2. The van der Waals surface area contributed by atoms with Gasteiger partial charge in [-0.3, -0.25) is 13.6 Å². The minimum atomic E-state index is -1.44. The van der Waals surface area contributed by atoms with Crippen molar-refractivity contribution in [3.63, 3.8) is 0 Å². The molecule has 1 heterocycles. The highest BCUT2D eigenvalue weighted by atomic mass is 32.2. The van der Waals surface area contributed by atoms with Gasteiger partial charge in [0.1, 0.15) is 5.41 Å². The predicted molar refractivity (Wildman–Crippen MR) is 60.6 cm³/mol. The fourth-order valence-corrected chi connectivity index (χ4v) is 4.57. The van der Waals surface area contributed by atoms with Gasteiger partial charge in [-0.15, -0.1) is 0 Å². The Kier molecular flexibility index (Phi) is 3.14. The van der Waals surface area contributed by atoms with Gasteiger partial charge < -0.3 is 10.2 Å². The molecule has 1 aliphatic carbocycles. The van der Waals surface area contributed by atoms with Gasteiger partial charge in [-0.25, -0.2) is 0 Å². The van der Waals surface area contributed by atoms with Crippen LogP contribution in [0.1, 0.15) is 19.3 Å². The van der Waals surface area contributed by atoms with Crippen LogP contribution < -0.4 is 0 Å². The van der Waals surface area contributed by atoms with E-state index in [-0.39, 0.29) is 12.8 Å². The van der Waals surface area contributed by atoms with Crippen molar-refractivity contribution in [2.75, 3.05) is 24.9 Å². The van der Waals surface area contributed by atoms with Crippen LogP contribution in [0.3, 0.4) is 0 Å². The second-order valence-electron chi connectivity index (χ2n) is 5.34. The lowest BCUT2D eigenvalue weighted by molar-refractivity contribution is -0.217. The highest BCUT2D eigenvalue weighted by Gasteiger charge is 2.67. The van der Waals surface area contributed by atoms with Crippen LogP contribution in [0, 0.1) is 10.8 Å². The molecular weight excluding hydrogens is 250 g/mol. The first kappa shape index (κ1) is 13.1. The van der Waals surface area contributed by atoms with Crippen LogP contribution in [0.25, 0.3) is 0 Å². The summed E-state index contributed by atoms with van der Waals surface area (Å²) < 4.78 is 25.5. The van der Waals surface area contributed by atoms with Crippen LogP contribution in [0.4, 0.5) is 8.78 Å². The number of hydrogen-bond donors (Lipinski definition) is 2. The van der Waals surface area contributed by atoms with Crippen molar-refractivity contribution in [2.24, 2.45) is 10.8 Å². The molecule has 2 N–H and O–H groups in total. The number of aliphatic carboxylic acids is 1. The van der Waals surface area contributed by atoms with E-state index in [4.69, 9.17) is 0 Å². The molecule has 98 valence electrons. The van der Waals surface area contributed by atoms with E-state index in [0.29, 0.717) is 17.9 Å². The molecule has 6 heteroatoms. The van der Waals surface area contributed by atoms with Crippen molar-refractivity contribution in [1.82, 2.24) is 0 Å². The van der Waals surface area contributed by atoms with Crippen LogP contribution in [-0.2, 0) is 4.79 Å². The maximum absolute atomic E-state index is 12.7. The van der Waals surface area contributed by atoms with Gasteiger partial charge in [0.05, 0.1) is 19.0 Å². The molecule has 1 aliphatic heterocycles. The van der Waals surface area contributed by atoms with E-state index in [1.165, 1.54) is 11.8 Å². The summed E-state index contributed by atoms with van der Waals surface area (Å²) in [5.74, 6) is -0.0447. The fraction of sp³-hybridized carbons (Fsp3) is 0.909. The smallest absolute Gasteiger partial charge is 0.313 e. The zero-order valence-corrected chi connectivity index (χ0v) is 10.2. The van der Waals surface area contributed by atoms with Crippen molar-refractivity contribution in [3.05, 3.63) is 0 Å². The molecule has 0 radical (unpaired) electrons. The Morgan fingerprint density at radius 3 is 2.24 bits per heavy atom. The second kappa shape index (κ2) is 4.09. The van der Waals surface area contributed by atoms with Gasteiger partial charge in [-0.05, 0) is 25.0 Å². The molecule has 2 fully saturated rings. The van der Waals surface area contributed by atoms with Crippen LogP contribution in [0.2, 0.25) is 0 Å². The van der Waals surface area contributed by atoms with Crippen molar-refractivity contribution in [3.8, 4) is 0 Å². The largest absolute Gasteiger partial charge is 0.481 e. The van der Waals surface area contributed by atoms with Gasteiger partial charge in [-0.1, -0.05) is 0 Å². The zero-order valence-electron chi connectivity index (χ0n) is 9.42.